The third-order valence-electron chi connectivity index (χ3n) is 5.06. The Morgan fingerprint density at radius 2 is 2.04 bits per heavy atom. The fraction of sp³-hybridized carbons (Fsp3) is 0.421. The summed E-state index contributed by atoms with van der Waals surface area (Å²) in [6.45, 7) is 1.58. The molecule has 2 heterocycles. The highest BCUT2D eigenvalue weighted by Crippen LogP contribution is 2.27. The van der Waals surface area contributed by atoms with Crippen LogP contribution in [0.5, 0.6) is 0 Å². The van der Waals surface area contributed by atoms with E-state index < -0.39 is 0 Å². The molecule has 1 atom stereocenters. The van der Waals surface area contributed by atoms with Gasteiger partial charge in [-0.1, -0.05) is 6.07 Å². The predicted molar refractivity (Wildman–Crippen MR) is 88.4 cm³/mol. The summed E-state index contributed by atoms with van der Waals surface area (Å²) in [7, 11) is 0. The summed E-state index contributed by atoms with van der Waals surface area (Å²) >= 11 is 0. The molecular formula is C19H21N3O. The number of likely N-dealkylation sites (tertiary alicyclic amines) is 1. The monoisotopic (exact) mass is 307 g/mol. The molecule has 1 aromatic heterocycles. The molecule has 2 aliphatic rings. The molecule has 1 aliphatic heterocycles. The van der Waals surface area contributed by atoms with Crippen LogP contribution < -0.4 is 0 Å². The van der Waals surface area contributed by atoms with Gasteiger partial charge in [-0.15, -0.1) is 0 Å². The summed E-state index contributed by atoms with van der Waals surface area (Å²) < 4.78 is 0. The molecule has 1 amide bonds. The van der Waals surface area contributed by atoms with E-state index in [0.717, 1.165) is 50.0 Å². The summed E-state index contributed by atoms with van der Waals surface area (Å²) in [5, 5.41) is 0. The summed E-state index contributed by atoms with van der Waals surface area (Å²) in [6.07, 6.45) is 10.8. The lowest BCUT2D eigenvalue weighted by Crippen LogP contribution is -2.39. The van der Waals surface area contributed by atoms with E-state index in [1.54, 1.807) is 12.4 Å². The lowest BCUT2D eigenvalue weighted by atomic mass is 9.94. The van der Waals surface area contributed by atoms with Crippen LogP contribution in [-0.2, 0) is 12.8 Å². The van der Waals surface area contributed by atoms with E-state index in [2.05, 4.69) is 22.1 Å². The lowest BCUT2D eigenvalue weighted by Gasteiger charge is -2.32. The SMILES string of the molecule is O=C(c1ccc2c(c1)CCC2)N1CCC[C@H](c2cnccn2)C1. The quantitative estimate of drug-likeness (QED) is 0.857. The van der Waals surface area contributed by atoms with Gasteiger partial charge in [-0.25, -0.2) is 0 Å². The van der Waals surface area contributed by atoms with Crippen LogP contribution >= 0.6 is 0 Å². The van der Waals surface area contributed by atoms with Crippen LogP contribution in [0.1, 0.15) is 52.4 Å². The maximum Gasteiger partial charge on any atom is 0.253 e. The van der Waals surface area contributed by atoms with Crippen LogP contribution in [0.15, 0.2) is 36.8 Å². The van der Waals surface area contributed by atoms with E-state index >= 15 is 0 Å². The van der Waals surface area contributed by atoms with Gasteiger partial charge in [-0.3, -0.25) is 14.8 Å². The standard InChI is InChI=1S/C19H21N3O/c23-19(16-7-6-14-3-1-4-15(14)11-16)22-10-2-5-17(13-22)18-12-20-8-9-21-18/h6-9,11-12,17H,1-5,10,13H2/t17-/m0/s1. The first kappa shape index (κ1) is 14.4. The Kier molecular flexibility index (Phi) is 3.82. The van der Waals surface area contributed by atoms with Gasteiger partial charge in [0.1, 0.15) is 0 Å². The maximum absolute atomic E-state index is 12.9. The molecule has 4 heteroatoms. The Morgan fingerprint density at radius 1 is 1.13 bits per heavy atom. The van der Waals surface area contributed by atoms with E-state index in [0.29, 0.717) is 5.92 Å². The van der Waals surface area contributed by atoms with Gasteiger partial charge in [0, 0.05) is 43.2 Å². The number of aryl methyl sites for hydroxylation is 2. The maximum atomic E-state index is 12.9. The second-order valence-electron chi connectivity index (χ2n) is 6.56. The van der Waals surface area contributed by atoms with Gasteiger partial charge in [0.25, 0.3) is 5.91 Å². The van der Waals surface area contributed by atoms with Crippen LogP contribution in [0.4, 0.5) is 0 Å². The number of carbonyl (C=O) groups is 1. The smallest absolute Gasteiger partial charge is 0.253 e. The normalized spacial score (nSPS) is 20.3. The highest BCUT2D eigenvalue weighted by Gasteiger charge is 2.27. The number of nitrogens with zero attached hydrogens (tertiary/aromatic N) is 3. The molecule has 118 valence electrons. The number of carbonyl (C=O) groups excluding carboxylic acids is 1. The van der Waals surface area contributed by atoms with Crippen molar-refractivity contribution in [1.82, 2.24) is 14.9 Å². The molecule has 1 aromatic carbocycles. The molecule has 2 aromatic rings. The molecule has 0 N–H and O–H groups in total. The zero-order valence-corrected chi connectivity index (χ0v) is 13.2. The minimum atomic E-state index is 0.160. The molecule has 0 bridgehead atoms. The van der Waals surface area contributed by atoms with Crippen LogP contribution in [-0.4, -0.2) is 33.9 Å². The lowest BCUT2D eigenvalue weighted by molar-refractivity contribution is 0.0705. The van der Waals surface area contributed by atoms with Crippen LogP contribution in [0.3, 0.4) is 0 Å². The summed E-state index contributed by atoms with van der Waals surface area (Å²) in [4.78, 5) is 23.4. The zero-order valence-electron chi connectivity index (χ0n) is 13.2. The average Bonchev–Trinajstić information content (AvgIpc) is 3.09. The Balaban J connectivity index is 1.52. The molecule has 0 radical (unpaired) electrons. The summed E-state index contributed by atoms with van der Waals surface area (Å²) in [6, 6.07) is 6.24. The Labute approximate surface area is 136 Å². The van der Waals surface area contributed by atoms with Gasteiger partial charge in [-0.05, 0) is 55.4 Å². The first-order chi connectivity index (χ1) is 11.3. The second kappa shape index (κ2) is 6.11. The molecule has 1 aliphatic carbocycles. The highest BCUT2D eigenvalue weighted by molar-refractivity contribution is 5.94. The largest absolute Gasteiger partial charge is 0.338 e. The number of hydrogen-bond donors (Lipinski definition) is 0. The average molecular weight is 307 g/mol. The van der Waals surface area contributed by atoms with Crippen molar-refractivity contribution < 1.29 is 4.79 Å². The Morgan fingerprint density at radius 3 is 2.91 bits per heavy atom. The predicted octanol–water partition coefficient (Wildman–Crippen LogP) is 2.99. The molecule has 0 saturated carbocycles. The zero-order chi connectivity index (χ0) is 15.6. The molecule has 1 fully saturated rings. The molecule has 23 heavy (non-hydrogen) atoms. The van der Waals surface area contributed by atoms with Crippen LogP contribution in [0.2, 0.25) is 0 Å². The van der Waals surface area contributed by atoms with Crippen molar-refractivity contribution in [3.63, 3.8) is 0 Å². The van der Waals surface area contributed by atoms with Crippen LogP contribution in [0, 0.1) is 0 Å². The number of amides is 1. The van der Waals surface area contributed by atoms with E-state index in [1.807, 2.05) is 17.2 Å². The van der Waals surface area contributed by atoms with Crippen molar-refractivity contribution >= 4 is 5.91 Å². The van der Waals surface area contributed by atoms with E-state index in [1.165, 1.54) is 17.5 Å². The Hall–Kier alpha value is -2.23. The van der Waals surface area contributed by atoms with Gasteiger partial charge in [0.2, 0.25) is 0 Å². The van der Waals surface area contributed by atoms with Crippen molar-refractivity contribution in [3.05, 3.63) is 59.2 Å². The summed E-state index contributed by atoms with van der Waals surface area (Å²) in [5.74, 6) is 0.462. The van der Waals surface area contributed by atoms with Crippen molar-refractivity contribution in [2.24, 2.45) is 0 Å². The fourth-order valence-corrected chi connectivity index (χ4v) is 3.81. The van der Waals surface area contributed by atoms with Crippen molar-refractivity contribution in [1.29, 1.82) is 0 Å². The Bertz CT molecular complexity index is 714. The third kappa shape index (κ3) is 2.85. The number of piperidine rings is 1. The van der Waals surface area contributed by atoms with Gasteiger partial charge in [0.15, 0.2) is 0 Å². The minimum Gasteiger partial charge on any atom is -0.338 e. The number of rotatable bonds is 2. The number of hydrogen-bond acceptors (Lipinski definition) is 3. The third-order valence-corrected chi connectivity index (χ3v) is 5.06. The molecule has 4 rings (SSSR count). The van der Waals surface area contributed by atoms with Crippen molar-refractivity contribution in [2.45, 2.75) is 38.0 Å². The number of fused-ring (bicyclic) bond motifs is 1. The van der Waals surface area contributed by atoms with Gasteiger partial charge >= 0.3 is 0 Å². The van der Waals surface area contributed by atoms with Crippen molar-refractivity contribution in [2.75, 3.05) is 13.1 Å². The van der Waals surface area contributed by atoms with Gasteiger partial charge < -0.3 is 4.90 Å². The second-order valence-corrected chi connectivity index (χ2v) is 6.56. The summed E-state index contributed by atoms with van der Waals surface area (Å²) in [5.41, 5.74) is 4.61. The number of benzene rings is 1. The first-order valence-electron chi connectivity index (χ1n) is 8.48. The molecule has 0 unspecified atom stereocenters. The molecule has 4 nitrogen and oxygen atoms in total. The molecule has 0 spiro atoms. The van der Waals surface area contributed by atoms with Crippen molar-refractivity contribution in [3.8, 4) is 0 Å². The van der Waals surface area contributed by atoms with E-state index in [-0.39, 0.29) is 5.91 Å². The molecular weight excluding hydrogens is 286 g/mol. The number of aromatic nitrogens is 2. The molecule has 1 saturated heterocycles. The van der Waals surface area contributed by atoms with Gasteiger partial charge in [-0.2, -0.15) is 0 Å². The van der Waals surface area contributed by atoms with Gasteiger partial charge in [0.05, 0.1) is 5.69 Å². The fourth-order valence-electron chi connectivity index (χ4n) is 3.81. The topological polar surface area (TPSA) is 46.1 Å². The highest BCUT2D eigenvalue weighted by atomic mass is 16.2. The van der Waals surface area contributed by atoms with E-state index in [9.17, 15) is 4.79 Å². The van der Waals surface area contributed by atoms with E-state index in [4.69, 9.17) is 0 Å². The first-order valence-corrected chi connectivity index (χ1v) is 8.48. The minimum absolute atomic E-state index is 0.160. The van der Waals surface area contributed by atoms with Crippen LogP contribution in [0.25, 0.3) is 0 Å².